The molecule has 3 unspecified atom stereocenters. The Morgan fingerprint density at radius 2 is 2.18 bits per heavy atom. The van der Waals surface area contributed by atoms with E-state index in [0.717, 1.165) is 17.6 Å². The van der Waals surface area contributed by atoms with Crippen LogP contribution in [0, 0.1) is 11.7 Å². The number of hydrogen-bond acceptors (Lipinski definition) is 3. The highest BCUT2D eigenvalue weighted by atomic mass is 19.1. The van der Waals surface area contributed by atoms with Crippen LogP contribution in [0.25, 0.3) is 0 Å². The van der Waals surface area contributed by atoms with Gasteiger partial charge in [0.05, 0.1) is 6.04 Å². The summed E-state index contributed by atoms with van der Waals surface area (Å²) in [6.45, 7) is 1.96. The lowest BCUT2D eigenvalue weighted by atomic mass is 10.1. The fourth-order valence-electron chi connectivity index (χ4n) is 3.34. The smallest absolute Gasteiger partial charge is 0.269 e. The summed E-state index contributed by atoms with van der Waals surface area (Å²) in [6, 6.07) is 6.64. The highest BCUT2D eigenvalue weighted by molar-refractivity contribution is 5.95. The summed E-state index contributed by atoms with van der Waals surface area (Å²) in [7, 11) is 0. The number of halogens is 1. The molecule has 114 valence electrons. The summed E-state index contributed by atoms with van der Waals surface area (Å²) in [5.41, 5.74) is 10.4. The van der Waals surface area contributed by atoms with Gasteiger partial charge < -0.3 is 10.7 Å². The van der Waals surface area contributed by atoms with Crippen LogP contribution < -0.4 is 16.2 Å². The molecule has 4 rings (SSSR count). The van der Waals surface area contributed by atoms with Crippen LogP contribution in [-0.2, 0) is 11.2 Å². The molecule has 4 nitrogen and oxygen atoms in total. The van der Waals surface area contributed by atoms with E-state index in [9.17, 15) is 9.18 Å². The number of hydrogen-bond donors (Lipinski definition) is 3. The molecule has 0 spiro atoms. The van der Waals surface area contributed by atoms with E-state index in [1.54, 1.807) is 12.1 Å². The summed E-state index contributed by atoms with van der Waals surface area (Å²) in [5.74, 6) is 0.259. The third-order valence-corrected chi connectivity index (χ3v) is 4.55. The summed E-state index contributed by atoms with van der Waals surface area (Å²) in [5, 5.41) is 3.00. The lowest BCUT2D eigenvalue weighted by Crippen LogP contribution is -2.40. The van der Waals surface area contributed by atoms with Gasteiger partial charge in [-0.25, -0.2) is 9.82 Å². The van der Waals surface area contributed by atoms with E-state index in [4.69, 9.17) is 0 Å². The number of rotatable bonds is 4. The Labute approximate surface area is 128 Å². The molecule has 0 saturated heterocycles. The summed E-state index contributed by atoms with van der Waals surface area (Å²) >= 11 is 0. The second-order valence-electron chi connectivity index (χ2n) is 6.31. The van der Waals surface area contributed by atoms with Crippen molar-refractivity contribution in [3.8, 4) is 0 Å². The van der Waals surface area contributed by atoms with Crippen molar-refractivity contribution >= 4 is 5.91 Å². The van der Waals surface area contributed by atoms with Gasteiger partial charge >= 0.3 is 0 Å². The first-order valence-corrected chi connectivity index (χ1v) is 7.63. The second kappa shape index (κ2) is 4.95. The van der Waals surface area contributed by atoms with Crippen molar-refractivity contribution in [2.24, 2.45) is 5.92 Å². The zero-order chi connectivity index (χ0) is 15.3. The van der Waals surface area contributed by atoms with Gasteiger partial charge in [-0.15, -0.1) is 0 Å². The predicted octanol–water partition coefficient (Wildman–Crippen LogP) is 1.56. The molecular formula is C17H18FN3O. The molecule has 0 bridgehead atoms. The standard InChI is InChI=1S/C17H18FN3O/c1-9(6-10-2-4-12(18)5-3-10)19-17(22)16-14-8-11-7-13(11)15(14)20-21-16/h2-5,8-9,13,15,20-21H,6-7H2,1H3,(H,19,22). The maximum absolute atomic E-state index is 12.9. The normalized spacial score (nSPS) is 26.0. The molecule has 1 aliphatic heterocycles. The van der Waals surface area contributed by atoms with Gasteiger partial charge in [-0.3, -0.25) is 4.79 Å². The fraction of sp³-hybridized carbons (Fsp3) is 0.353. The summed E-state index contributed by atoms with van der Waals surface area (Å²) in [6.07, 6.45) is 3.97. The molecule has 1 aromatic carbocycles. The molecule has 1 fully saturated rings. The van der Waals surface area contributed by atoms with E-state index in [0.29, 0.717) is 18.0 Å². The van der Waals surface area contributed by atoms with E-state index >= 15 is 0 Å². The third kappa shape index (κ3) is 2.31. The molecule has 2 aliphatic carbocycles. The number of carbonyl (C=O) groups excluding carboxylic acids is 1. The minimum Gasteiger partial charge on any atom is -0.348 e. The number of amides is 1. The first-order valence-electron chi connectivity index (χ1n) is 7.63. The van der Waals surface area contributed by atoms with Gasteiger partial charge in [0.15, 0.2) is 0 Å². The van der Waals surface area contributed by atoms with Crippen molar-refractivity contribution in [1.29, 1.82) is 0 Å². The van der Waals surface area contributed by atoms with Crippen LogP contribution in [0.1, 0.15) is 18.9 Å². The van der Waals surface area contributed by atoms with Crippen molar-refractivity contribution < 1.29 is 9.18 Å². The Morgan fingerprint density at radius 1 is 1.41 bits per heavy atom. The maximum Gasteiger partial charge on any atom is 0.269 e. The topological polar surface area (TPSA) is 53.2 Å². The van der Waals surface area contributed by atoms with Crippen molar-refractivity contribution in [2.75, 3.05) is 0 Å². The number of fused-ring (bicyclic) bond motifs is 3. The Bertz CT molecular complexity index is 692. The van der Waals surface area contributed by atoms with Gasteiger partial charge in [0, 0.05) is 17.5 Å². The maximum atomic E-state index is 12.9. The SMILES string of the molecule is CC(Cc1ccc(F)cc1)NC(=O)C1=C2C=C3CC3C2NN1. The zero-order valence-electron chi connectivity index (χ0n) is 12.3. The molecule has 5 heteroatoms. The Balaban J connectivity index is 1.41. The van der Waals surface area contributed by atoms with Crippen LogP contribution in [0.15, 0.2) is 47.2 Å². The number of carbonyl (C=O) groups is 1. The van der Waals surface area contributed by atoms with Crippen molar-refractivity contribution in [3.05, 3.63) is 58.6 Å². The van der Waals surface area contributed by atoms with E-state index in [-0.39, 0.29) is 23.8 Å². The van der Waals surface area contributed by atoms with E-state index in [1.165, 1.54) is 17.7 Å². The molecule has 3 atom stereocenters. The van der Waals surface area contributed by atoms with Gasteiger partial charge in [-0.05, 0) is 37.5 Å². The van der Waals surface area contributed by atoms with Crippen LogP contribution >= 0.6 is 0 Å². The molecule has 1 aromatic rings. The largest absolute Gasteiger partial charge is 0.348 e. The van der Waals surface area contributed by atoms with Gasteiger partial charge in [-0.1, -0.05) is 23.8 Å². The van der Waals surface area contributed by atoms with Crippen LogP contribution in [0.4, 0.5) is 4.39 Å². The molecule has 1 saturated carbocycles. The van der Waals surface area contributed by atoms with Gasteiger partial charge in [0.25, 0.3) is 5.91 Å². The number of hydrazine groups is 1. The van der Waals surface area contributed by atoms with Crippen LogP contribution in [0.3, 0.4) is 0 Å². The van der Waals surface area contributed by atoms with Crippen LogP contribution in [0.5, 0.6) is 0 Å². The Hall–Kier alpha value is -2.14. The summed E-state index contributed by atoms with van der Waals surface area (Å²) < 4.78 is 12.9. The molecular weight excluding hydrogens is 281 g/mol. The molecule has 3 N–H and O–H groups in total. The predicted molar refractivity (Wildman–Crippen MR) is 81.0 cm³/mol. The zero-order valence-corrected chi connectivity index (χ0v) is 12.3. The van der Waals surface area contributed by atoms with Crippen LogP contribution in [-0.4, -0.2) is 18.0 Å². The minimum absolute atomic E-state index is 0.0181. The Morgan fingerprint density at radius 3 is 2.95 bits per heavy atom. The lowest BCUT2D eigenvalue weighted by Gasteiger charge is -2.15. The Kier molecular flexibility index (Phi) is 3.04. The first kappa shape index (κ1) is 13.5. The fourth-order valence-corrected chi connectivity index (χ4v) is 3.34. The highest BCUT2D eigenvalue weighted by Gasteiger charge is 2.48. The number of nitrogens with one attached hydrogen (secondary N) is 3. The number of benzene rings is 1. The van der Waals surface area contributed by atoms with E-state index < -0.39 is 0 Å². The third-order valence-electron chi connectivity index (χ3n) is 4.55. The molecule has 0 radical (unpaired) electrons. The monoisotopic (exact) mass is 299 g/mol. The molecule has 22 heavy (non-hydrogen) atoms. The van der Waals surface area contributed by atoms with E-state index in [2.05, 4.69) is 22.2 Å². The van der Waals surface area contributed by atoms with Crippen molar-refractivity contribution in [3.63, 3.8) is 0 Å². The first-order chi connectivity index (χ1) is 10.6. The lowest BCUT2D eigenvalue weighted by molar-refractivity contribution is -0.118. The molecule has 1 amide bonds. The molecule has 3 aliphatic rings. The van der Waals surface area contributed by atoms with Gasteiger partial charge in [0.2, 0.25) is 0 Å². The molecule has 1 heterocycles. The van der Waals surface area contributed by atoms with E-state index in [1.807, 2.05) is 6.92 Å². The minimum atomic E-state index is -0.243. The summed E-state index contributed by atoms with van der Waals surface area (Å²) in [4.78, 5) is 12.4. The van der Waals surface area contributed by atoms with Crippen molar-refractivity contribution in [2.45, 2.75) is 31.8 Å². The average molecular weight is 299 g/mol. The average Bonchev–Trinajstić information content (AvgIpc) is 2.96. The van der Waals surface area contributed by atoms with Gasteiger partial charge in [0.1, 0.15) is 11.5 Å². The van der Waals surface area contributed by atoms with Gasteiger partial charge in [-0.2, -0.15) is 0 Å². The second-order valence-corrected chi connectivity index (χ2v) is 6.31. The quantitative estimate of drug-likeness (QED) is 0.791. The highest BCUT2D eigenvalue weighted by Crippen LogP contribution is 2.50. The van der Waals surface area contributed by atoms with Crippen molar-refractivity contribution in [1.82, 2.24) is 16.2 Å². The molecule has 0 aromatic heterocycles. The van der Waals surface area contributed by atoms with Crippen LogP contribution in [0.2, 0.25) is 0 Å².